The Morgan fingerprint density at radius 3 is 2.38 bits per heavy atom. The highest BCUT2D eigenvalue weighted by Gasteiger charge is 2.23. The number of aldehydes is 1. The first-order valence-electron chi connectivity index (χ1n) is 5.61. The number of rotatable bonds is 5. The fraction of sp³-hybridized carbons (Fsp3) is 0.500. The van der Waals surface area contributed by atoms with Gasteiger partial charge >= 0.3 is 0 Å². The summed E-state index contributed by atoms with van der Waals surface area (Å²) in [6, 6.07) is 10.4. The molecule has 0 fully saturated rings. The van der Waals surface area contributed by atoms with E-state index in [1.54, 1.807) is 0 Å². The molecule has 16 heavy (non-hydrogen) atoms. The van der Waals surface area contributed by atoms with Gasteiger partial charge < -0.3 is 4.79 Å². The maximum Gasteiger partial charge on any atom is 0.124 e. The van der Waals surface area contributed by atoms with Crippen LogP contribution in [-0.2, 0) is 10.5 Å². The second-order valence-electron chi connectivity index (χ2n) is 5.11. The van der Waals surface area contributed by atoms with Crippen LogP contribution in [0.15, 0.2) is 30.3 Å². The van der Waals surface area contributed by atoms with E-state index in [9.17, 15) is 4.79 Å². The third-order valence-electron chi connectivity index (χ3n) is 2.69. The highest BCUT2D eigenvalue weighted by atomic mass is 32.2. The Bertz CT molecular complexity index is 313. The summed E-state index contributed by atoms with van der Waals surface area (Å²) in [4.78, 5) is 11.0. The molecule has 0 aliphatic carbocycles. The first-order chi connectivity index (χ1) is 7.54. The molecular weight excluding hydrogens is 216 g/mol. The topological polar surface area (TPSA) is 17.1 Å². The van der Waals surface area contributed by atoms with Crippen molar-refractivity contribution in [2.45, 2.75) is 26.5 Å². The van der Waals surface area contributed by atoms with E-state index in [4.69, 9.17) is 0 Å². The maximum atomic E-state index is 11.0. The Morgan fingerprint density at radius 1 is 1.25 bits per heavy atom. The van der Waals surface area contributed by atoms with Crippen molar-refractivity contribution in [3.05, 3.63) is 35.9 Å². The molecule has 0 aromatic heterocycles. The Kier molecular flexibility index (Phi) is 5.07. The summed E-state index contributed by atoms with van der Waals surface area (Å²) in [6.45, 7) is 6.36. The molecule has 1 rings (SSSR count). The molecular formula is C14H20OS. The number of benzene rings is 1. The molecule has 1 aromatic carbocycles. The van der Waals surface area contributed by atoms with Crippen molar-refractivity contribution >= 4 is 18.0 Å². The number of hydrogen-bond donors (Lipinski definition) is 0. The van der Waals surface area contributed by atoms with Gasteiger partial charge in [0.2, 0.25) is 0 Å². The van der Waals surface area contributed by atoms with Gasteiger partial charge in [-0.1, -0.05) is 51.1 Å². The smallest absolute Gasteiger partial charge is 0.124 e. The summed E-state index contributed by atoms with van der Waals surface area (Å²) in [5.74, 6) is 2.03. The van der Waals surface area contributed by atoms with E-state index in [1.165, 1.54) is 5.56 Å². The van der Waals surface area contributed by atoms with Gasteiger partial charge in [-0.25, -0.2) is 0 Å². The molecule has 1 atom stereocenters. The third-order valence-corrected chi connectivity index (χ3v) is 3.82. The minimum absolute atomic E-state index is 0.0748. The van der Waals surface area contributed by atoms with E-state index in [0.29, 0.717) is 0 Å². The van der Waals surface area contributed by atoms with Gasteiger partial charge in [0.25, 0.3) is 0 Å². The van der Waals surface area contributed by atoms with Crippen LogP contribution in [0, 0.1) is 11.3 Å². The van der Waals surface area contributed by atoms with Crippen LogP contribution in [0.3, 0.4) is 0 Å². The van der Waals surface area contributed by atoms with Crippen LogP contribution in [0.1, 0.15) is 26.3 Å². The van der Waals surface area contributed by atoms with Crippen LogP contribution >= 0.6 is 11.8 Å². The summed E-state index contributed by atoms with van der Waals surface area (Å²) in [7, 11) is 0. The van der Waals surface area contributed by atoms with Crippen molar-refractivity contribution in [2.24, 2.45) is 11.3 Å². The van der Waals surface area contributed by atoms with E-state index in [0.717, 1.165) is 17.8 Å². The van der Waals surface area contributed by atoms with Crippen molar-refractivity contribution in [1.82, 2.24) is 0 Å². The van der Waals surface area contributed by atoms with Crippen molar-refractivity contribution in [2.75, 3.05) is 5.75 Å². The molecule has 0 amide bonds. The predicted molar refractivity (Wildman–Crippen MR) is 71.6 cm³/mol. The molecule has 0 heterocycles. The first-order valence-corrected chi connectivity index (χ1v) is 6.76. The van der Waals surface area contributed by atoms with Gasteiger partial charge in [0, 0.05) is 17.4 Å². The van der Waals surface area contributed by atoms with Crippen molar-refractivity contribution < 1.29 is 4.79 Å². The average Bonchev–Trinajstić information content (AvgIpc) is 2.24. The Morgan fingerprint density at radius 2 is 1.88 bits per heavy atom. The standard InChI is InChI=1S/C14H20OS/c1-14(2,3)13(9-15)11-16-10-12-7-5-4-6-8-12/h4-9,13H,10-11H2,1-3H3. The average molecular weight is 236 g/mol. The monoisotopic (exact) mass is 236 g/mol. The molecule has 88 valence electrons. The van der Waals surface area contributed by atoms with E-state index in [1.807, 2.05) is 17.8 Å². The number of carbonyl (C=O) groups is 1. The molecule has 1 unspecified atom stereocenters. The van der Waals surface area contributed by atoms with Crippen molar-refractivity contribution in [3.8, 4) is 0 Å². The zero-order valence-corrected chi connectivity index (χ0v) is 11.1. The van der Waals surface area contributed by atoms with Gasteiger partial charge in [0.1, 0.15) is 6.29 Å². The van der Waals surface area contributed by atoms with Crippen LogP contribution in [0.2, 0.25) is 0 Å². The van der Waals surface area contributed by atoms with E-state index in [-0.39, 0.29) is 11.3 Å². The fourth-order valence-electron chi connectivity index (χ4n) is 1.37. The second-order valence-corrected chi connectivity index (χ2v) is 6.14. The molecule has 0 spiro atoms. The predicted octanol–water partition coefficient (Wildman–Crippen LogP) is 3.78. The van der Waals surface area contributed by atoms with Gasteiger partial charge in [-0.15, -0.1) is 0 Å². The van der Waals surface area contributed by atoms with Gasteiger partial charge in [0.05, 0.1) is 0 Å². The van der Waals surface area contributed by atoms with Crippen LogP contribution in [-0.4, -0.2) is 12.0 Å². The summed E-state index contributed by atoms with van der Waals surface area (Å²) in [6.07, 6.45) is 1.10. The normalized spacial score (nSPS) is 13.4. The second kappa shape index (κ2) is 6.09. The van der Waals surface area contributed by atoms with Gasteiger partial charge in [-0.2, -0.15) is 11.8 Å². The Balaban J connectivity index is 2.38. The summed E-state index contributed by atoms with van der Waals surface area (Å²) >= 11 is 1.83. The van der Waals surface area contributed by atoms with E-state index >= 15 is 0 Å². The van der Waals surface area contributed by atoms with Gasteiger partial charge in [-0.05, 0) is 11.0 Å². The largest absolute Gasteiger partial charge is 0.303 e. The SMILES string of the molecule is CC(C)(C)C(C=O)CSCc1ccccc1. The van der Waals surface area contributed by atoms with Crippen LogP contribution in [0.4, 0.5) is 0 Å². The highest BCUT2D eigenvalue weighted by Crippen LogP contribution is 2.28. The van der Waals surface area contributed by atoms with Crippen LogP contribution in [0.25, 0.3) is 0 Å². The lowest BCUT2D eigenvalue weighted by Crippen LogP contribution is -2.23. The van der Waals surface area contributed by atoms with E-state index in [2.05, 4.69) is 45.0 Å². The van der Waals surface area contributed by atoms with Gasteiger partial charge in [0.15, 0.2) is 0 Å². The Labute approximate surface area is 103 Å². The third kappa shape index (κ3) is 4.40. The molecule has 0 saturated heterocycles. The Hall–Kier alpha value is -0.760. The fourth-order valence-corrected chi connectivity index (χ4v) is 2.75. The van der Waals surface area contributed by atoms with Crippen LogP contribution in [0.5, 0.6) is 0 Å². The molecule has 0 N–H and O–H groups in total. The zero-order valence-electron chi connectivity index (χ0n) is 10.3. The molecule has 0 radical (unpaired) electrons. The maximum absolute atomic E-state index is 11.0. The lowest BCUT2D eigenvalue weighted by molar-refractivity contribution is -0.113. The molecule has 0 aliphatic rings. The van der Waals surface area contributed by atoms with Crippen LogP contribution < -0.4 is 0 Å². The molecule has 0 aliphatic heterocycles. The molecule has 2 heteroatoms. The quantitative estimate of drug-likeness (QED) is 0.724. The van der Waals surface area contributed by atoms with Gasteiger partial charge in [-0.3, -0.25) is 0 Å². The zero-order chi connectivity index (χ0) is 12.0. The lowest BCUT2D eigenvalue weighted by atomic mass is 9.83. The minimum atomic E-state index is 0.0748. The summed E-state index contributed by atoms with van der Waals surface area (Å²) < 4.78 is 0. The lowest BCUT2D eigenvalue weighted by Gasteiger charge is -2.25. The van der Waals surface area contributed by atoms with Crippen molar-refractivity contribution in [1.29, 1.82) is 0 Å². The summed E-state index contributed by atoms with van der Waals surface area (Å²) in [5.41, 5.74) is 1.40. The molecule has 0 saturated carbocycles. The number of hydrogen-bond acceptors (Lipinski definition) is 2. The molecule has 1 nitrogen and oxygen atoms in total. The highest BCUT2D eigenvalue weighted by molar-refractivity contribution is 7.98. The summed E-state index contributed by atoms with van der Waals surface area (Å²) in [5, 5.41) is 0. The van der Waals surface area contributed by atoms with Crippen molar-refractivity contribution in [3.63, 3.8) is 0 Å². The number of carbonyl (C=O) groups excluding carboxylic acids is 1. The van der Waals surface area contributed by atoms with E-state index < -0.39 is 0 Å². The first kappa shape index (κ1) is 13.3. The molecule has 0 bridgehead atoms. The minimum Gasteiger partial charge on any atom is -0.303 e. The molecule has 1 aromatic rings. The number of thioether (sulfide) groups is 1.